The van der Waals surface area contributed by atoms with Gasteiger partial charge in [-0.1, -0.05) is 53.7 Å². The second kappa shape index (κ2) is 26.6. The van der Waals surface area contributed by atoms with E-state index in [4.69, 9.17) is 29.9 Å². The van der Waals surface area contributed by atoms with E-state index < -0.39 is 18.3 Å². The van der Waals surface area contributed by atoms with E-state index in [1.54, 1.807) is 19.9 Å². The van der Waals surface area contributed by atoms with Gasteiger partial charge in [0.1, 0.15) is 11.6 Å². The van der Waals surface area contributed by atoms with Crippen LogP contribution in [0.1, 0.15) is 121 Å². The summed E-state index contributed by atoms with van der Waals surface area (Å²) in [6.45, 7) is 20.1. The minimum Gasteiger partial charge on any atom is -0.392 e. The molecule has 288 valence electrons. The third kappa shape index (κ3) is 21.6. The van der Waals surface area contributed by atoms with Crippen LogP contribution in [-0.4, -0.2) is 86.0 Å². The van der Waals surface area contributed by atoms with Crippen LogP contribution in [-0.2, 0) is 28.7 Å². The Morgan fingerprint density at radius 2 is 0.980 bits per heavy atom. The zero-order valence-corrected chi connectivity index (χ0v) is 42.3. The van der Waals surface area contributed by atoms with Crippen molar-refractivity contribution in [2.45, 2.75) is 163 Å². The van der Waals surface area contributed by atoms with Crippen LogP contribution in [0, 0.1) is 124 Å². The number of rotatable bonds is 1. The van der Waals surface area contributed by atoms with Crippen molar-refractivity contribution in [3.8, 4) is 0 Å². The molecule has 6 aliphatic rings. The van der Waals surface area contributed by atoms with Gasteiger partial charge in [0.2, 0.25) is 0 Å². The standard InChI is InChI=1S/C11H20O2.C7H12O.C6H10O2.C6H8O.C5H6O2.C4H10O2.2Ac/c1-7-5-11(6-8(7)2)12-9(3)10(4)13-11;1-5-3-7(8)4-6(5)2;1-4-2-5(7)3-6(4)8;1-5-2-3-6(7)4-5;6-4-1-2-5(7)3-4;1-3(5)4(2)6;;/h7-10H,5-6H2,1-4H3;5-6H,3-4H2,1-2H3;4,6,8H,2-3H2,1H3;2-3,5H,4H2,1H3;1-2,4,6H,3H2;3-6H,1-2H3;;/t7-,8-,9+,10+;5-,6-;4-,6-;5-;4-;3-,4-;;/m000111../s1. The predicted molar refractivity (Wildman–Crippen MR) is 189 cm³/mol. The van der Waals surface area contributed by atoms with E-state index in [2.05, 4.69) is 41.5 Å². The van der Waals surface area contributed by atoms with E-state index in [1.165, 1.54) is 12.2 Å². The number of aliphatic hydroxyl groups excluding tert-OH is 4. The van der Waals surface area contributed by atoms with Gasteiger partial charge >= 0.3 is 0 Å². The van der Waals surface area contributed by atoms with Crippen LogP contribution >= 0.6 is 0 Å². The fourth-order valence-corrected chi connectivity index (χ4v) is 6.06. The Labute approximate surface area is 378 Å². The van der Waals surface area contributed by atoms with Crippen LogP contribution < -0.4 is 0 Å². The van der Waals surface area contributed by atoms with Crippen LogP contribution in [0.2, 0.25) is 0 Å². The van der Waals surface area contributed by atoms with E-state index in [1.807, 2.05) is 19.9 Å². The maximum atomic E-state index is 10.7. The predicted octanol–water partition coefficient (Wildman–Crippen LogP) is 5.32. The second-order valence-electron chi connectivity index (χ2n) is 15.4. The van der Waals surface area contributed by atoms with Crippen LogP contribution in [0.4, 0.5) is 0 Å². The third-order valence-corrected chi connectivity index (χ3v) is 10.2. The Hall–Kier alpha value is 0.803. The first-order chi connectivity index (χ1) is 22.6. The first-order valence-electron chi connectivity index (χ1n) is 18.2. The average molecular weight is 1150 g/mol. The second-order valence-corrected chi connectivity index (χ2v) is 15.4. The van der Waals surface area contributed by atoms with Gasteiger partial charge in [0.25, 0.3) is 0 Å². The number of aliphatic hydroxyl groups is 4. The van der Waals surface area contributed by atoms with Crippen molar-refractivity contribution in [1.82, 2.24) is 0 Å². The molecule has 0 aromatic rings. The molecule has 4 N–H and O–H groups in total. The molecular weight excluding hydrogens is 1080 g/mol. The van der Waals surface area contributed by atoms with Crippen LogP contribution in [0.5, 0.6) is 0 Å². The zero-order chi connectivity index (χ0) is 37.6. The number of ketones is 4. The maximum Gasteiger partial charge on any atom is 0.169 e. The van der Waals surface area contributed by atoms with Crippen LogP contribution in [0.25, 0.3) is 0 Å². The topological polar surface area (TPSA) is 168 Å². The zero-order valence-electron chi connectivity index (χ0n) is 32.8. The molecule has 1 saturated heterocycles. The van der Waals surface area contributed by atoms with Gasteiger partial charge in [-0.15, -0.1) is 0 Å². The van der Waals surface area contributed by atoms with Crippen molar-refractivity contribution in [2.24, 2.45) is 35.5 Å². The summed E-state index contributed by atoms with van der Waals surface area (Å²) in [6.07, 6.45) is 10.7. The maximum absolute atomic E-state index is 10.7. The van der Waals surface area contributed by atoms with E-state index in [-0.39, 0.29) is 142 Å². The molecule has 12 heteroatoms. The number of carbonyl (C=O) groups excluding carboxylic acids is 4. The third-order valence-electron chi connectivity index (χ3n) is 10.2. The van der Waals surface area contributed by atoms with Gasteiger partial charge in [-0.2, -0.15) is 0 Å². The molecule has 0 aromatic carbocycles. The number of hydrogen-bond acceptors (Lipinski definition) is 10. The molecule has 0 amide bonds. The summed E-state index contributed by atoms with van der Waals surface area (Å²) >= 11 is 0. The smallest absolute Gasteiger partial charge is 0.169 e. The monoisotopic (exact) mass is 1150 g/mol. The Kier molecular flexibility index (Phi) is 28.1. The van der Waals surface area contributed by atoms with Gasteiger partial charge in [0.15, 0.2) is 17.4 Å². The molecule has 6 rings (SSSR count). The molecule has 0 bridgehead atoms. The van der Waals surface area contributed by atoms with Crippen molar-refractivity contribution in [3.05, 3.63) is 24.3 Å². The Balaban J connectivity index is 0. The van der Waals surface area contributed by atoms with Crippen molar-refractivity contribution in [2.75, 3.05) is 0 Å². The van der Waals surface area contributed by atoms with E-state index in [0.29, 0.717) is 36.4 Å². The summed E-state index contributed by atoms with van der Waals surface area (Å²) in [7, 11) is 0. The summed E-state index contributed by atoms with van der Waals surface area (Å²) in [4.78, 5) is 41.7. The van der Waals surface area contributed by atoms with Crippen molar-refractivity contribution in [3.63, 3.8) is 0 Å². The summed E-state index contributed by atoms with van der Waals surface area (Å²) in [5.41, 5.74) is 0. The van der Waals surface area contributed by atoms with E-state index in [9.17, 15) is 19.2 Å². The fourth-order valence-electron chi connectivity index (χ4n) is 6.06. The molecule has 5 aliphatic carbocycles. The molecule has 4 fully saturated rings. The molecule has 2 radical (unpaired) electrons. The summed E-state index contributed by atoms with van der Waals surface area (Å²) < 4.78 is 11.9. The van der Waals surface area contributed by atoms with Gasteiger partial charge in [0, 0.05) is 139 Å². The molecule has 1 aliphatic heterocycles. The molecule has 10 nitrogen and oxygen atoms in total. The molecule has 0 unspecified atom stereocenters. The number of allylic oxidation sites excluding steroid dienone is 3. The first-order valence-corrected chi connectivity index (χ1v) is 18.2. The fraction of sp³-hybridized carbons (Fsp3) is 0.795. The minimum absolute atomic E-state index is 0. The molecule has 1 heterocycles. The quantitative estimate of drug-likeness (QED) is 0.270. The van der Waals surface area contributed by atoms with Crippen molar-refractivity contribution >= 4 is 23.1 Å². The Morgan fingerprint density at radius 1 is 0.588 bits per heavy atom. The van der Waals surface area contributed by atoms with Crippen LogP contribution in [0.3, 0.4) is 0 Å². The van der Waals surface area contributed by atoms with E-state index >= 15 is 0 Å². The van der Waals surface area contributed by atoms with E-state index in [0.717, 1.165) is 43.9 Å². The van der Waals surface area contributed by atoms with Gasteiger partial charge in [0.05, 0.1) is 36.6 Å². The number of hydrogen-bond donors (Lipinski definition) is 4. The number of ether oxygens (including phenoxy) is 2. The normalized spacial score (nSPS) is 34.9. The van der Waals surface area contributed by atoms with Gasteiger partial charge in [-0.25, -0.2) is 0 Å². The molecule has 12 atom stereocenters. The molecule has 1 spiro atoms. The number of Topliss-reactive ketones (excluding diaryl/α,β-unsaturated/α-hetero) is 2. The average Bonchev–Trinajstić information content (AvgIpc) is 3.81. The summed E-state index contributed by atoms with van der Waals surface area (Å²) in [6, 6.07) is 0. The minimum atomic E-state index is -0.593. The number of carbonyl (C=O) groups is 4. The SMILES string of the molecule is C[C@@H](O)[C@@H](C)O.C[C@@H]1C=CC(=O)C1.C[C@H]1CC(=O)C[C@@H]1C.C[C@H]1CC(=O)C[C@@H]1O.C[C@H]1CC2(C[C@@H]1C)O[C@H](C)[C@@H](C)O2.O=C1C=C[C@@H](O)C1.[Ac].[Ac]. The molecule has 51 heavy (non-hydrogen) atoms. The molecule has 3 saturated carbocycles. The molecule has 0 aromatic heterocycles. The largest absolute Gasteiger partial charge is 0.392 e. The van der Waals surface area contributed by atoms with Gasteiger partial charge in [-0.05, 0) is 75.4 Å². The summed E-state index contributed by atoms with van der Waals surface area (Å²) in [5, 5.41) is 34.3. The van der Waals surface area contributed by atoms with Crippen molar-refractivity contribution in [1.29, 1.82) is 0 Å². The summed E-state index contributed by atoms with van der Waals surface area (Å²) in [5.74, 6) is 4.16. The molecular formula is C39H66Ac2O10. The van der Waals surface area contributed by atoms with Crippen molar-refractivity contribution < 1.29 is 137 Å². The van der Waals surface area contributed by atoms with Gasteiger partial charge in [-0.3, -0.25) is 19.2 Å². The first kappa shape index (κ1) is 53.9. The van der Waals surface area contributed by atoms with Crippen LogP contribution in [0.15, 0.2) is 24.3 Å². The van der Waals surface area contributed by atoms with Gasteiger partial charge < -0.3 is 29.9 Å². The Morgan fingerprint density at radius 3 is 1.16 bits per heavy atom. The Bertz CT molecular complexity index is 990.